The van der Waals surface area contributed by atoms with Crippen LogP contribution in [0.25, 0.3) is 22.6 Å². The number of urea groups is 1. The van der Waals surface area contributed by atoms with Crippen LogP contribution in [0.15, 0.2) is 78.9 Å². The van der Waals surface area contributed by atoms with E-state index in [1.165, 1.54) is 35.3 Å². The summed E-state index contributed by atoms with van der Waals surface area (Å²) in [7, 11) is 0. The monoisotopic (exact) mass is 617 g/mol. The number of amides is 2. The number of ether oxygens (including phenoxy) is 2. The summed E-state index contributed by atoms with van der Waals surface area (Å²) in [6.07, 6.45) is -2.81. The number of hydrogen-bond donors (Lipinski definition) is 2. The zero-order chi connectivity index (χ0) is 29.9. The second-order valence-electron chi connectivity index (χ2n) is 8.89. The summed E-state index contributed by atoms with van der Waals surface area (Å²) in [6.45, 7) is 0.0463. The van der Waals surface area contributed by atoms with Crippen molar-refractivity contribution in [2.45, 2.75) is 12.8 Å². The molecule has 1 aliphatic rings. The third-order valence-corrected chi connectivity index (χ3v) is 6.66. The topological polar surface area (TPSA) is 107 Å². The summed E-state index contributed by atoms with van der Waals surface area (Å²) in [5, 5.41) is 10.2. The van der Waals surface area contributed by atoms with E-state index >= 15 is 0 Å². The van der Waals surface area contributed by atoms with Crippen LogP contribution >= 0.6 is 23.2 Å². The summed E-state index contributed by atoms with van der Waals surface area (Å²) in [5.41, 5.74) is 2.57. The lowest BCUT2D eigenvalue weighted by Gasteiger charge is -2.11. The Morgan fingerprint density at radius 2 is 1.71 bits per heavy atom. The van der Waals surface area contributed by atoms with Gasteiger partial charge in [0.05, 0.1) is 21.3 Å². The van der Waals surface area contributed by atoms with Gasteiger partial charge in [-0.05, 0) is 48.4 Å². The van der Waals surface area contributed by atoms with Crippen LogP contribution in [0, 0.1) is 0 Å². The molecular weight excluding hydrogens is 598 g/mol. The van der Waals surface area contributed by atoms with Crippen LogP contribution in [0.3, 0.4) is 0 Å². The first-order valence-electron chi connectivity index (χ1n) is 12.3. The molecule has 0 saturated carbocycles. The highest BCUT2D eigenvalue weighted by Gasteiger charge is 2.31. The predicted molar refractivity (Wildman–Crippen MR) is 148 cm³/mol. The number of carbonyl (C=O) groups is 2. The number of alkyl halides is 3. The lowest BCUT2D eigenvalue weighted by molar-refractivity contribution is -0.274. The molecule has 0 saturated heterocycles. The first-order valence-corrected chi connectivity index (χ1v) is 13.1. The maximum absolute atomic E-state index is 12.5. The molecule has 0 unspecified atom stereocenters. The molecule has 0 radical (unpaired) electrons. The Kier molecular flexibility index (Phi) is 8.36. The van der Waals surface area contributed by atoms with E-state index in [2.05, 4.69) is 25.5 Å². The quantitative estimate of drug-likeness (QED) is 0.253. The second-order valence-corrected chi connectivity index (χ2v) is 9.71. The van der Waals surface area contributed by atoms with Gasteiger partial charge in [0.2, 0.25) is 11.7 Å². The predicted octanol–water partition coefficient (Wildman–Crippen LogP) is 5.95. The van der Waals surface area contributed by atoms with Gasteiger partial charge in [0.1, 0.15) is 12.1 Å². The number of hydrogen-bond acceptors (Lipinski definition) is 6. The van der Waals surface area contributed by atoms with Gasteiger partial charge in [0.15, 0.2) is 12.4 Å². The number of nitrogens with one attached hydrogen (secondary N) is 2. The van der Waals surface area contributed by atoms with Crippen molar-refractivity contribution in [2.24, 2.45) is 0 Å². The van der Waals surface area contributed by atoms with Crippen molar-refractivity contribution in [1.82, 2.24) is 25.4 Å². The standard InChI is InChI=1S/C28H20Cl2F3N5O4/c29-20-2-1-3-21(30)23(20)24-22(39)14-41-26(24)36-27(40)34-13-12-16-4-6-17(7-5-16)25-35-15-38(37-25)18-8-10-19(11-9-18)42-28(31,32)33/h1-11,15H,12-14H2,(H2,34,36,40). The largest absolute Gasteiger partial charge is 0.573 e. The Hall–Kier alpha value is -4.55. The zero-order valence-corrected chi connectivity index (χ0v) is 22.9. The molecule has 1 aromatic heterocycles. The van der Waals surface area contributed by atoms with E-state index in [0.717, 1.165) is 11.1 Å². The molecule has 0 atom stereocenters. The van der Waals surface area contributed by atoms with Crippen molar-refractivity contribution in [3.8, 4) is 22.8 Å². The minimum atomic E-state index is -4.77. The molecule has 2 heterocycles. The molecule has 3 aromatic carbocycles. The number of carbonyl (C=O) groups excluding carboxylic acids is 2. The molecule has 0 spiro atoms. The zero-order valence-electron chi connectivity index (χ0n) is 21.4. The molecule has 2 amide bonds. The number of aromatic nitrogens is 3. The minimum absolute atomic E-state index is 0.0191. The van der Waals surface area contributed by atoms with Crippen LogP contribution in [-0.2, 0) is 16.0 Å². The number of rotatable bonds is 8. The highest BCUT2D eigenvalue weighted by atomic mass is 35.5. The number of Topliss-reactive ketones (excluding diaryl/α,β-unsaturated/α-hetero) is 1. The SMILES string of the molecule is O=C(NCCc1ccc(-c2ncn(-c3ccc(OC(F)(F)F)cc3)n2)cc1)NC1=C(c2c(Cl)cccc2Cl)C(=O)CO1. The van der Waals surface area contributed by atoms with Crippen molar-refractivity contribution >= 4 is 40.6 Å². The summed E-state index contributed by atoms with van der Waals surface area (Å²) < 4.78 is 47.8. The molecule has 9 nitrogen and oxygen atoms in total. The average Bonchev–Trinajstić information content (AvgIpc) is 3.56. The van der Waals surface area contributed by atoms with Gasteiger partial charge >= 0.3 is 12.4 Å². The number of ketones is 1. The summed E-state index contributed by atoms with van der Waals surface area (Å²) in [6, 6.07) is 16.9. The van der Waals surface area contributed by atoms with Gasteiger partial charge in [0.25, 0.3) is 0 Å². The van der Waals surface area contributed by atoms with Crippen molar-refractivity contribution in [3.05, 3.63) is 100 Å². The molecule has 5 rings (SSSR count). The van der Waals surface area contributed by atoms with E-state index in [-0.39, 0.29) is 46.2 Å². The maximum Gasteiger partial charge on any atom is 0.573 e. The van der Waals surface area contributed by atoms with Crippen molar-refractivity contribution in [2.75, 3.05) is 13.2 Å². The van der Waals surface area contributed by atoms with Crippen molar-refractivity contribution in [1.29, 1.82) is 0 Å². The smallest absolute Gasteiger partial charge is 0.470 e. The van der Waals surface area contributed by atoms with Crippen LogP contribution in [0.4, 0.5) is 18.0 Å². The highest BCUT2D eigenvalue weighted by Crippen LogP contribution is 2.35. The summed E-state index contributed by atoms with van der Waals surface area (Å²) in [4.78, 5) is 29.2. The molecule has 0 aliphatic carbocycles. The second kappa shape index (κ2) is 12.1. The first kappa shape index (κ1) is 29.0. The van der Waals surface area contributed by atoms with Gasteiger partial charge in [-0.25, -0.2) is 14.5 Å². The number of halogens is 5. The molecule has 1 aliphatic heterocycles. The minimum Gasteiger partial charge on any atom is -0.470 e. The van der Waals surface area contributed by atoms with Crippen LogP contribution < -0.4 is 15.4 Å². The fourth-order valence-electron chi connectivity index (χ4n) is 4.11. The third kappa shape index (κ3) is 6.84. The summed E-state index contributed by atoms with van der Waals surface area (Å²) >= 11 is 12.5. The third-order valence-electron chi connectivity index (χ3n) is 6.03. The number of nitrogens with zero attached hydrogens (tertiary/aromatic N) is 3. The van der Waals surface area contributed by atoms with E-state index in [1.807, 2.05) is 24.3 Å². The molecule has 2 N–H and O–H groups in total. The summed E-state index contributed by atoms with van der Waals surface area (Å²) in [5.74, 6) is -0.286. The number of benzene rings is 3. The Balaban J connectivity index is 1.16. The fraction of sp³-hybridized carbons (Fsp3) is 0.143. The van der Waals surface area contributed by atoms with Gasteiger partial charge in [-0.3, -0.25) is 10.1 Å². The maximum atomic E-state index is 12.5. The molecule has 14 heteroatoms. The first-order chi connectivity index (χ1) is 20.1. The molecule has 0 bridgehead atoms. The Labute approximate surface area is 246 Å². The van der Waals surface area contributed by atoms with Crippen LogP contribution in [0.2, 0.25) is 10.0 Å². The van der Waals surface area contributed by atoms with Gasteiger partial charge < -0.3 is 14.8 Å². The highest BCUT2D eigenvalue weighted by molar-refractivity contribution is 6.41. The van der Waals surface area contributed by atoms with Gasteiger partial charge in [-0.1, -0.05) is 53.5 Å². The molecule has 4 aromatic rings. The van der Waals surface area contributed by atoms with E-state index in [4.69, 9.17) is 27.9 Å². The van der Waals surface area contributed by atoms with Gasteiger partial charge in [0, 0.05) is 17.7 Å². The molecule has 216 valence electrons. The van der Waals surface area contributed by atoms with Crippen LogP contribution in [0.5, 0.6) is 5.75 Å². The van der Waals surface area contributed by atoms with Crippen LogP contribution in [0.1, 0.15) is 11.1 Å². The Morgan fingerprint density at radius 3 is 2.38 bits per heavy atom. The molecule has 42 heavy (non-hydrogen) atoms. The van der Waals surface area contributed by atoms with Gasteiger partial charge in [-0.15, -0.1) is 18.3 Å². The lowest BCUT2D eigenvalue weighted by atomic mass is 10.0. The Bertz CT molecular complexity index is 1640. The van der Waals surface area contributed by atoms with Crippen molar-refractivity contribution < 1.29 is 32.2 Å². The van der Waals surface area contributed by atoms with E-state index in [9.17, 15) is 22.8 Å². The average molecular weight is 618 g/mol. The molecule has 0 fully saturated rings. The van der Waals surface area contributed by atoms with Crippen molar-refractivity contribution in [3.63, 3.8) is 0 Å². The van der Waals surface area contributed by atoms with E-state index in [1.54, 1.807) is 18.2 Å². The molecular formula is C28H20Cl2F3N5O4. The normalized spacial score (nSPS) is 13.2. The van der Waals surface area contributed by atoms with E-state index in [0.29, 0.717) is 23.5 Å². The fourth-order valence-corrected chi connectivity index (χ4v) is 4.69. The van der Waals surface area contributed by atoms with Crippen LogP contribution in [-0.4, -0.2) is 46.1 Å². The van der Waals surface area contributed by atoms with E-state index < -0.39 is 12.4 Å². The lowest BCUT2D eigenvalue weighted by Crippen LogP contribution is -2.36. The van der Waals surface area contributed by atoms with Gasteiger partial charge in [-0.2, -0.15) is 0 Å². The Morgan fingerprint density at radius 1 is 1.02 bits per heavy atom.